The molecule has 0 aliphatic carbocycles. The normalized spacial score (nSPS) is 12.0. The van der Waals surface area contributed by atoms with E-state index in [1.165, 1.54) is 29.2 Å². The van der Waals surface area contributed by atoms with Gasteiger partial charge in [-0.25, -0.2) is 17.5 Å². The third kappa shape index (κ3) is 3.81. The first kappa shape index (κ1) is 16.7. The Morgan fingerprint density at radius 3 is 2.50 bits per heavy atom. The van der Waals surface area contributed by atoms with Crippen LogP contribution in [0.3, 0.4) is 0 Å². The molecule has 0 spiro atoms. The van der Waals surface area contributed by atoms with E-state index in [2.05, 4.69) is 0 Å². The van der Waals surface area contributed by atoms with Gasteiger partial charge in [-0.05, 0) is 25.3 Å². The first-order valence-electron chi connectivity index (χ1n) is 6.27. The number of hydrogen-bond acceptors (Lipinski definition) is 4. The molecule has 0 aliphatic heterocycles. The van der Waals surface area contributed by atoms with E-state index in [-0.39, 0.29) is 17.2 Å². The van der Waals surface area contributed by atoms with Gasteiger partial charge in [-0.15, -0.1) is 0 Å². The summed E-state index contributed by atoms with van der Waals surface area (Å²) in [7, 11) is -0.725. The van der Waals surface area contributed by atoms with Gasteiger partial charge < -0.3 is 14.8 Å². The Morgan fingerprint density at radius 1 is 1.35 bits per heavy atom. The summed E-state index contributed by atoms with van der Waals surface area (Å²) in [4.78, 5) is 10.9. The maximum Gasteiger partial charge on any atom is 0.352 e. The molecule has 1 aromatic rings. The van der Waals surface area contributed by atoms with Gasteiger partial charge in [-0.1, -0.05) is 0 Å². The van der Waals surface area contributed by atoms with Crippen LogP contribution in [0, 0.1) is 0 Å². The summed E-state index contributed by atoms with van der Waals surface area (Å²) >= 11 is 0. The summed E-state index contributed by atoms with van der Waals surface area (Å²) in [5.41, 5.74) is -0.0720. The minimum Gasteiger partial charge on any atom is -0.477 e. The molecule has 20 heavy (non-hydrogen) atoms. The van der Waals surface area contributed by atoms with Crippen LogP contribution >= 0.6 is 0 Å². The lowest BCUT2D eigenvalue weighted by molar-refractivity contribution is 0.0686. The van der Waals surface area contributed by atoms with E-state index in [1.54, 1.807) is 0 Å². The van der Waals surface area contributed by atoms with Crippen molar-refractivity contribution in [3.63, 3.8) is 0 Å². The second-order valence-electron chi connectivity index (χ2n) is 4.59. The quantitative estimate of drug-likeness (QED) is 0.682. The number of carbonyl (C=O) groups is 1. The van der Waals surface area contributed by atoms with Gasteiger partial charge in [0.05, 0.1) is 0 Å². The van der Waals surface area contributed by atoms with Crippen molar-refractivity contribution < 1.29 is 23.4 Å². The molecule has 1 heterocycles. The highest BCUT2D eigenvalue weighted by atomic mass is 32.2. The molecule has 0 amide bonds. The number of aliphatic hydroxyl groups excluding tert-OH is 1. The molecule has 0 saturated heterocycles. The van der Waals surface area contributed by atoms with Crippen LogP contribution in [0.5, 0.6) is 0 Å². The monoisotopic (exact) mass is 304 g/mol. The van der Waals surface area contributed by atoms with Gasteiger partial charge >= 0.3 is 5.97 Å². The zero-order chi connectivity index (χ0) is 15.3. The van der Waals surface area contributed by atoms with Crippen molar-refractivity contribution in [2.45, 2.75) is 24.2 Å². The molecule has 0 unspecified atom stereocenters. The smallest absolute Gasteiger partial charge is 0.352 e. The van der Waals surface area contributed by atoms with Gasteiger partial charge in [0.25, 0.3) is 0 Å². The molecule has 8 heteroatoms. The molecular formula is C12H20N2O5S. The van der Waals surface area contributed by atoms with E-state index in [1.807, 2.05) is 0 Å². The summed E-state index contributed by atoms with van der Waals surface area (Å²) in [6.45, 7) is 0.427. The second kappa shape index (κ2) is 6.87. The van der Waals surface area contributed by atoms with Crippen LogP contribution in [0.2, 0.25) is 0 Å². The zero-order valence-corrected chi connectivity index (χ0v) is 12.4. The Morgan fingerprint density at radius 2 is 2.00 bits per heavy atom. The zero-order valence-electron chi connectivity index (χ0n) is 11.6. The molecule has 1 aromatic heterocycles. The molecule has 0 aliphatic rings. The first-order chi connectivity index (χ1) is 9.30. The minimum absolute atomic E-state index is 0.0259. The average molecular weight is 304 g/mol. The van der Waals surface area contributed by atoms with Crippen molar-refractivity contribution in [2.24, 2.45) is 7.05 Å². The van der Waals surface area contributed by atoms with E-state index in [0.717, 1.165) is 12.5 Å². The number of aliphatic hydroxyl groups is 1. The van der Waals surface area contributed by atoms with E-state index >= 15 is 0 Å². The Balaban J connectivity index is 2.82. The highest BCUT2D eigenvalue weighted by molar-refractivity contribution is 7.89. The van der Waals surface area contributed by atoms with Crippen LogP contribution in [-0.2, 0) is 17.1 Å². The molecule has 2 N–H and O–H groups in total. The number of aryl methyl sites for hydroxylation is 1. The Bertz CT molecular complexity index is 564. The molecule has 0 aromatic carbocycles. The highest BCUT2D eigenvalue weighted by Crippen LogP contribution is 2.18. The highest BCUT2D eigenvalue weighted by Gasteiger charge is 2.24. The maximum atomic E-state index is 12.3. The van der Waals surface area contributed by atoms with Crippen LogP contribution in [0.15, 0.2) is 17.2 Å². The fourth-order valence-corrected chi connectivity index (χ4v) is 3.09. The van der Waals surface area contributed by atoms with E-state index in [9.17, 15) is 13.2 Å². The molecule has 7 nitrogen and oxygen atoms in total. The van der Waals surface area contributed by atoms with Crippen molar-refractivity contribution in [1.82, 2.24) is 8.87 Å². The van der Waals surface area contributed by atoms with Crippen LogP contribution in [0.1, 0.15) is 29.8 Å². The van der Waals surface area contributed by atoms with Crippen molar-refractivity contribution in [1.29, 1.82) is 0 Å². The van der Waals surface area contributed by atoms with Gasteiger partial charge in [-0.3, -0.25) is 0 Å². The first-order valence-corrected chi connectivity index (χ1v) is 7.71. The lowest BCUT2D eigenvalue weighted by Crippen LogP contribution is -2.27. The predicted octanol–water partition coefficient (Wildman–Crippen LogP) is 0.506. The predicted molar refractivity (Wildman–Crippen MR) is 73.1 cm³/mol. The molecule has 1 rings (SSSR count). The SMILES string of the molecule is CN(CCCCCO)S(=O)(=O)c1cc(C(=O)O)n(C)c1. The molecule has 0 bridgehead atoms. The molecule has 0 fully saturated rings. The summed E-state index contributed by atoms with van der Waals surface area (Å²) < 4.78 is 27.0. The number of nitrogens with zero attached hydrogens (tertiary/aromatic N) is 2. The summed E-state index contributed by atoms with van der Waals surface area (Å²) in [6, 6.07) is 1.15. The fraction of sp³-hybridized carbons (Fsp3) is 0.583. The summed E-state index contributed by atoms with van der Waals surface area (Å²) in [5.74, 6) is -1.17. The van der Waals surface area contributed by atoms with Gasteiger partial charge in [-0.2, -0.15) is 0 Å². The number of unbranched alkanes of at least 4 members (excludes halogenated alkanes) is 2. The van der Waals surface area contributed by atoms with E-state index in [0.29, 0.717) is 19.4 Å². The number of aromatic nitrogens is 1. The number of carboxylic acid groups (broad SMARTS) is 1. The topological polar surface area (TPSA) is 99.8 Å². The van der Waals surface area contributed by atoms with Crippen LogP contribution in [0.4, 0.5) is 0 Å². The van der Waals surface area contributed by atoms with Gasteiger partial charge in [0, 0.05) is 33.4 Å². The van der Waals surface area contributed by atoms with Gasteiger partial charge in [0.1, 0.15) is 10.6 Å². The number of hydrogen-bond donors (Lipinski definition) is 2. The van der Waals surface area contributed by atoms with Crippen molar-refractivity contribution in [2.75, 3.05) is 20.2 Å². The fourth-order valence-electron chi connectivity index (χ4n) is 1.81. The van der Waals surface area contributed by atoms with Crippen LogP contribution < -0.4 is 0 Å². The molecule has 0 atom stereocenters. The van der Waals surface area contributed by atoms with Crippen molar-refractivity contribution in [3.05, 3.63) is 18.0 Å². The number of aromatic carboxylic acids is 1. The summed E-state index contributed by atoms with van der Waals surface area (Å²) in [6.07, 6.45) is 3.33. The Hall–Kier alpha value is -1.38. The van der Waals surface area contributed by atoms with Gasteiger partial charge in [0.2, 0.25) is 10.0 Å². The largest absolute Gasteiger partial charge is 0.477 e. The molecular weight excluding hydrogens is 284 g/mol. The Kier molecular flexibility index (Phi) is 5.73. The van der Waals surface area contributed by atoms with Crippen molar-refractivity contribution >= 4 is 16.0 Å². The Labute approximate surface area is 118 Å². The minimum atomic E-state index is -3.67. The molecule has 114 valence electrons. The number of rotatable bonds is 8. The summed E-state index contributed by atoms with van der Waals surface area (Å²) in [5, 5.41) is 17.6. The average Bonchev–Trinajstić information content (AvgIpc) is 2.77. The van der Waals surface area contributed by atoms with Gasteiger partial charge in [0.15, 0.2) is 0 Å². The number of sulfonamides is 1. The molecule has 0 radical (unpaired) electrons. The lowest BCUT2D eigenvalue weighted by Gasteiger charge is -2.15. The van der Waals surface area contributed by atoms with Crippen LogP contribution in [-0.4, -0.2) is 53.7 Å². The third-order valence-electron chi connectivity index (χ3n) is 3.04. The lowest BCUT2D eigenvalue weighted by atomic mass is 10.2. The standard InChI is InChI=1S/C12H20N2O5S/c1-13-9-10(8-11(13)12(16)17)20(18,19)14(2)6-4-3-5-7-15/h8-9,15H,3-7H2,1-2H3,(H,16,17). The third-order valence-corrected chi connectivity index (χ3v) is 4.86. The van der Waals surface area contributed by atoms with E-state index in [4.69, 9.17) is 10.2 Å². The van der Waals surface area contributed by atoms with E-state index < -0.39 is 16.0 Å². The van der Waals surface area contributed by atoms with Crippen molar-refractivity contribution in [3.8, 4) is 0 Å². The second-order valence-corrected chi connectivity index (χ2v) is 6.63. The molecule has 0 saturated carbocycles. The number of carboxylic acids is 1. The maximum absolute atomic E-state index is 12.3. The van der Waals surface area contributed by atoms with Crippen LogP contribution in [0.25, 0.3) is 0 Å².